The Bertz CT molecular complexity index is 915. The molecule has 0 spiro atoms. The van der Waals surface area contributed by atoms with Gasteiger partial charge in [0.05, 0.1) is 11.8 Å². The van der Waals surface area contributed by atoms with Gasteiger partial charge in [-0.1, -0.05) is 0 Å². The molecule has 12 heteroatoms. The summed E-state index contributed by atoms with van der Waals surface area (Å²) < 4.78 is 111. The molecular weight excluding hydrogens is 440 g/mol. The Balaban J connectivity index is 1.65. The van der Waals surface area contributed by atoms with Crippen molar-refractivity contribution in [3.05, 3.63) is 29.3 Å². The van der Waals surface area contributed by atoms with Crippen molar-refractivity contribution < 1.29 is 44.7 Å². The van der Waals surface area contributed by atoms with Crippen LogP contribution in [0.2, 0.25) is 0 Å². The van der Waals surface area contributed by atoms with Crippen LogP contribution in [-0.4, -0.2) is 53.5 Å². The molecule has 3 aliphatic rings. The van der Waals surface area contributed by atoms with Crippen molar-refractivity contribution in [2.75, 3.05) is 18.4 Å². The SMILES string of the molecule is O=C1CCCc2cc(C(=O)N3CC4C(C3)C(F)(F)C(F)(F)C(F)(F)C4(F)F)ccc2N1. The number of anilines is 1. The number of fused-ring (bicyclic) bond motifs is 2. The van der Waals surface area contributed by atoms with Crippen LogP contribution in [0.4, 0.5) is 40.8 Å². The lowest BCUT2D eigenvalue weighted by molar-refractivity contribution is -0.418. The third kappa shape index (κ3) is 2.85. The highest BCUT2D eigenvalue weighted by molar-refractivity contribution is 5.97. The third-order valence-electron chi connectivity index (χ3n) is 6.25. The van der Waals surface area contributed by atoms with Crippen LogP contribution >= 0.6 is 0 Å². The minimum atomic E-state index is -6.27. The highest BCUT2D eigenvalue weighted by atomic mass is 19.4. The lowest BCUT2D eigenvalue weighted by atomic mass is 9.71. The van der Waals surface area contributed by atoms with Crippen molar-refractivity contribution in [1.29, 1.82) is 0 Å². The van der Waals surface area contributed by atoms with Gasteiger partial charge in [0.15, 0.2) is 0 Å². The molecule has 1 saturated heterocycles. The van der Waals surface area contributed by atoms with Crippen molar-refractivity contribution in [2.24, 2.45) is 11.8 Å². The highest BCUT2D eigenvalue weighted by Crippen LogP contribution is 2.65. The molecule has 4 rings (SSSR count). The lowest BCUT2D eigenvalue weighted by Crippen LogP contribution is -2.72. The van der Waals surface area contributed by atoms with E-state index in [4.69, 9.17) is 0 Å². The second kappa shape index (κ2) is 6.55. The molecular formula is C19H16F8N2O2. The highest BCUT2D eigenvalue weighted by Gasteiger charge is 2.89. The van der Waals surface area contributed by atoms with Gasteiger partial charge in [0.2, 0.25) is 5.91 Å². The minimum absolute atomic E-state index is 0.112. The van der Waals surface area contributed by atoms with E-state index in [0.717, 1.165) is 0 Å². The molecule has 1 aliphatic carbocycles. The van der Waals surface area contributed by atoms with E-state index in [1.54, 1.807) is 0 Å². The predicted molar refractivity (Wildman–Crippen MR) is 90.7 cm³/mol. The normalized spacial score (nSPS) is 30.1. The van der Waals surface area contributed by atoms with E-state index >= 15 is 0 Å². The van der Waals surface area contributed by atoms with E-state index < -0.39 is 54.5 Å². The summed E-state index contributed by atoms with van der Waals surface area (Å²) in [6, 6.07) is 3.93. The molecule has 1 N–H and O–H groups in total. The number of nitrogens with one attached hydrogen (secondary N) is 1. The van der Waals surface area contributed by atoms with E-state index in [9.17, 15) is 44.7 Å². The average Bonchev–Trinajstić information content (AvgIpc) is 3.06. The van der Waals surface area contributed by atoms with Gasteiger partial charge in [0.25, 0.3) is 5.91 Å². The smallest absolute Gasteiger partial charge is 0.338 e. The average molecular weight is 456 g/mol. The summed E-state index contributed by atoms with van der Waals surface area (Å²) >= 11 is 0. The monoisotopic (exact) mass is 456 g/mol. The zero-order valence-electron chi connectivity index (χ0n) is 15.7. The van der Waals surface area contributed by atoms with Gasteiger partial charge in [-0.3, -0.25) is 9.59 Å². The van der Waals surface area contributed by atoms with Gasteiger partial charge >= 0.3 is 23.7 Å². The van der Waals surface area contributed by atoms with Crippen molar-refractivity contribution in [2.45, 2.75) is 43.0 Å². The predicted octanol–water partition coefficient (Wildman–Crippen LogP) is 4.20. The van der Waals surface area contributed by atoms with Crippen molar-refractivity contribution >= 4 is 17.5 Å². The van der Waals surface area contributed by atoms with Crippen LogP contribution in [-0.2, 0) is 11.2 Å². The van der Waals surface area contributed by atoms with Gasteiger partial charge in [-0.05, 0) is 36.6 Å². The van der Waals surface area contributed by atoms with Gasteiger partial charge in [-0.15, -0.1) is 0 Å². The summed E-state index contributed by atoms with van der Waals surface area (Å²) in [7, 11) is 0. The van der Waals surface area contributed by atoms with Crippen LogP contribution in [0.3, 0.4) is 0 Å². The molecule has 1 aromatic carbocycles. The van der Waals surface area contributed by atoms with Crippen LogP contribution in [0, 0.1) is 11.8 Å². The number of hydrogen-bond acceptors (Lipinski definition) is 2. The van der Waals surface area contributed by atoms with Crippen LogP contribution < -0.4 is 5.32 Å². The zero-order valence-corrected chi connectivity index (χ0v) is 15.7. The molecule has 2 unspecified atom stereocenters. The number of halogens is 8. The number of benzene rings is 1. The van der Waals surface area contributed by atoms with E-state index in [2.05, 4.69) is 5.32 Å². The lowest BCUT2D eigenvalue weighted by Gasteiger charge is -2.47. The molecule has 2 aliphatic heterocycles. The number of amides is 2. The first-order valence-corrected chi connectivity index (χ1v) is 9.45. The number of aryl methyl sites for hydroxylation is 1. The Hall–Kier alpha value is -2.40. The van der Waals surface area contributed by atoms with E-state index in [-0.39, 0.29) is 17.9 Å². The number of carbonyl (C=O) groups is 2. The van der Waals surface area contributed by atoms with Gasteiger partial charge < -0.3 is 10.2 Å². The minimum Gasteiger partial charge on any atom is -0.338 e. The largest absolute Gasteiger partial charge is 0.378 e. The van der Waals surface area contributed by atoms with Gasteiger partial charge in [0, 0.05) is 30.8 Å². The van der Waals surface area contributed by atoms with Gasteiger partial charge in [-0.25, -0.2) is 0 Å². The molecule has 2 heterocycles. The number of hydrogen-bond donors (Lipinski definition) is 1. The molecule has 0 bridgehead atoms. The summed E-state index contributed by atoms with van der Waals surface area (Å²) in [4.78, 5) is 24.8. The fraction of sp³-hybridized carbons (Fsp3) is 0.579. The molecule has 31 heavy (non-hydrogen) atoms. The summed E-state index contributed by atoms with van der Waals surface area (Å²) in [6.07, 6.45) is 1.10. The number of alkyl halides is 8. The molecule has 4 nitrogen and oxygen atoms in total. The molecule has 2 fully saturated rings. The van der Waals surface area contributed by atoms with Crippen molar-refractivity contribution in [3.8, 4) is 0 Å². The first-order chi connectivity index (χ1) is 14.2. The zero-order chi connectivity index (χ0) is 23.0. The summed E-state index contributed by atoms with van der Waals surface area (Å²) in [5.41, 5.74) is 0.854. The molecule has 2 atom stereocenters. The Morgan fingerprint density at radius 1 is 0.903 bits per heavy atom. The number of nitrogens with zero attached hydrogens (tertiary/aromatic N) is 1. The van der Waals surface area contributed by atoms with E-state index in [0.29, 0.717) is 29.0 Å². The quantitative estimate of drug-likeness (QED) is 0.644. The van der Waals surface area contributed by atoms with Crippen molar-refractivity contribution in [1.82, 2.24) is 4.90 Å². The maximum Gasteiger partial charge on any atom is 0.378 e. The molecule has 1 aromatic rings. The molecule has 170 valence electrons. The number of likely N-dealkylation sites (tertiary alicyclic amines) is 1. The second-order valence-corrected chi connectivity index (χ2v) is 8.09. The van der Waals surface area contributed by atoms with Crippen molar-refractivity contribution in [3.63, 3.8) is 0 Å². The second-order valence-electron chi connectivity index (χ2n) is 8.09. The first kappa shape index (κ1) is 21.8. The molecule has 1 saturated carbocycles. The van der Waals surface area contributed by atoms with Crippen LogP contribution in [0.5, 0.6) is 0 Å². The summed E-state index contributed by atoms with van der Waals surface area (Å²) in [5, 5.41) is 2.61. The maximum atomic E-state index is 14.2. The summed E-state index contributed by atoms with van der Waals surface area (Å²) in [6.45, 7) is -2.43. The Morgan fingerprint density at radius 3 is 2.00 bits per heavy atom. The topological polar surface area (TPSA) is 49.4 Å². The van der Waals surface area contributed by atoms with Gasteiger partial charge in [-0.2, -0.15) is 35.1 Å². The fourth-order valence-electron chi connectivity index (χ4n) is 4.48. The molecule has 0 radical (unpaired) electrons. The number of rotatable bonds is 1. The standard InChI is InChI=1S/C19H16F8N2O2/c20-16(21)11-7-29(8-12(11)17(22,23)19(26,27)18(16,24)25)15(31)10-4-5-13-9(6-10)2-1-3-14(30)28-13/h4-6,11-12H,1-3,7-8H2,(H,28,30). The third-order valence-corrected chi connectivity index (χ3v) is 6.25. The first-order valence-electron chi connectivity index (χ1n) is 9.45. The number of carbonyl (C=O) groups excluding carboxylic acids is 2. The van der Waals surface area contributed by atoms with Gasteiger partial charge in [0.1, 0.15) is 0 Å². The molecule has 2 amide bonds. The van der Waals surface area contributed by atoms with E-state index in [1.165, 1.54) is 18.2 Å². The Labute approximate surface area is 170 Å². The van der Waals surface area contributed by atoms with E-state index in [1.807, 2.05) is 0 Å². The van der Waals surface area contributed by atoms with Crippen LogP contribution in [0.25, 0.3) is 0 Å². The Morgan fingerprint density at radius 2 is 1.45 bits per heavy atom. The molecule has 0 aromatic heterocycles. The van der Waals surface area contributed by atoms with Crippen LogP contribution in [0.1, 0.15) is 28.8 Å². The Kier molecular flexibility index (Phi) is 4.61. The maximum absolute atomic E-state index is 14.2. The summed E-state index contributed by atoms with van der Waals surface area (Å²) in [5.74, 6) is -30.3. The fourth-order valence-corrected chi connectivity index (χ4v) is 4.48. The van der Waals surface area contributed by atoms with Crippen LogP contribution in [0.15, 0.2) is 18.2 Å².